The van der Waals surface area contributed by atoms with Crippen LogP contribution in [0.2, 0.25) is 0 Å². The van der Waals surface area contributed by atoms with Crippen molar-refractivity contribution in [3.63, 3.8) is 0 Å². The molecule has 4 heteroatoms. The van der Waals surface area contributed by atoms with Crippen LogP contribution in [0.15, 0.2) is 24.3 Å². The number of carbonyl (C=O) groups is 1. The second-order valence-corrected chi connectivity index (χ2v) is 10.2. The Bertz CT molecular complexity index is 664. The first-order valence-electron chi connectivity index (χ1n) is 12.3. The van der Waals surface area contributed by atoms with Crippen molar-refractivity contribution in [1.29, 1.82) is 0 Å². The highest BCUT2D eigenvalue weighted by Crippen LogP contribution is 2.30. The first-order chi connectivity index (χ1) is 14.6. The van der Waals surface area contributed by atoms with Crippen LogP contribution in [0.1, 0.15) is 56.1 Å². The molecule has 0 spiro atoms. The summed E-state index contributed by atoms with van der Waals surface area (Å²) in [4.78, 5) is 20.4. The van der Waals surface area contributed by atoms with E-state index in [-0.39, 0.29) is 0 Å². The fourth-order valence-electron chi connectivity index (χ4n) is 5.91. The number of fused-ring (bicyclic) bond motifs is 1. The number of carbonyl (C=O) groups excluding carboxylic acids is 1. The molecule has 1 aromatic rings. The number of amides is 1. The Kier molecular flexibility index (Phi) is 7.48. The van der Waals surface area contributed by atoms with Gasteiger partial charge in [-0.2, -0.15) is 0 Å². The molecule has 0 bridgehead atoms. The lowest BCUT2D eigenvalue weighted by Crippen LogP contribution is -2.46. The van der Waals surface area contributed by atoms with Gasteiger partial charge in [0.25, 0.3) is 0 Å². The zero-order valence-electron chi connectivity index (χ0n) is 19.2. The van der Waals surface area contributed by atoms with Crippen molar-refractivity contribution in [3.8, 4) is 0 Å². The molecule has 0 unspecified atom stereocenters. The molecule has 1 amide bonds. The molecule has 2 fully saturated rings. The Morgan fingerprint density at radius 2 is 1.60 bits per heavy atom. The van der Waals surface area contributed by atoms with Crippen molar-refractivity contribution in [1.82, 2.24) is 14.7 Å². The molecule has 0 atom stereocenters. The molecule has 0 N–H and O–H groups in total. The monoisotopic (exact) mass is 411 g/mol. The Morgan fingerprint density at radius 1 is 0.967 bits per heavy atom. The molecule has 4 nitrogen and oxygen atoms in total. The lowest BCUT2D eigenvalue weighted by molar-refractivity contribution is -0.136. The molecule has 0 radical (unpaired) electrons. The normalized spacial score (nSPS) is 21.4. The Labute approximate surface area is 183 Å². The molecule has 2 aliphatic carbocycles. The van der Waals surface area contributed by atoms with Gasteiger partial charge in [-0.05, 0) is 95.7 Å². The number of piperidine rings is 1. The minimum Gasteiger partial charge on any atom is -0.342 e. The van der Waals surface area contributed by atoms with Gasteiger partial charge < -0.3 is 9.80 Å². The molecule has 3 aliphatic rings. The van der Waals surface area contributed by atoms with Gasteiger partial charge in [0, 0.05) is 25.0 Å². The number of hydrogen-bond acceptors (Lipinski definition) is 3. The van der Waals surface area contributed by atoms with E-state index in [0.717, 1.165) is 38.9 Å². The summed E-state index contributed by atoms with van der Waals surface area (Å²) in [6.07, 6.45) is 10.7. The fraction of sp³-hybridized carbons (Fsp3) is 0.731. The van der Waals surface area contributed by atoms with Crippen LogP contribution in [0, 0.1) is 11.8 Å². The average Bonchev–Trinajstić information content (AvgIpc) is 3.42. The van der Waals surface area contributed by atoms with Crippen LogP contribution in [-0.2, 0) is 17.6 Å². The van der Waals surface area contributed by atoms with Crippen LogP contribution in [0.4, 0.5) is 0 Å². The molecule has 166 valence electrons. The van der Waals surface area contributed by atoms with Gasteiger partial charge in [-0.15, -0.1) is 0 Å². The molecule has 1 saturated heterocycles. The van der Waals surface area contributed by atoms with E-state index < -0.39 is 0 Å². The van der Waals surface area contributed by atoms with Gasteiger partial charge in [-0.1, -0.05) is 37.1 Å². The van der Waals surface area contributed by atoms with E-state index in [1.165, 1.54) is 51.6 Å². The second-order valence-electron chi connectivity index (χ2n) is 10.2. The summed E-state index contributed by atoms with van der Waals surface area (Å²) in [6, 6.07) is 9.67. The van der Waals surface area contributed by atoms with Crippen molar-refractivity contribution in [2.45, 2.75) is 63.8 Å². The predicted octanol–water partition coefficient (Wildman–Crippen LogP) is 3.84. The standard InChI is InChI=1S/C26H41N3O/c1-27(2)14-7-15-29(26(30)22-8-3-4-9-22)20-21-12-16-28(17-13-21)25-18-23-10-5-6-11-24(23)19-25/h5-6,10-11,21-22,25H,3-4,7-9,12-20H2,1-2H3. The van der Waals surface area contributed by atoms with Crippen molar-refractivity contribution < 1.29 is 4.79 Å². The number of rotatable bonds is 8. The van der Waals surface area contributed by atoms with E-state index in [4.69, 9.17) is 0 Å². The highest BCUT2D eigenvalue weighted by atomic mass is 16.2. The van der Waals surface area contributed by atoms with Gasteiger partial charge in [0.1, 0.15) is 0 Å². The number of benzene rings is 1. The van der Waals surface area contributed by atoms with Crippen LogP contribution >= 0.6 is 0 Å². The van der Waals surface area contributed by atoms with Gasteiger partial charge in [-0.25, -0.2) is 0 Å². The smallest absolute Gasteiger partial charge is 0.225 e. The van der Waals surface area contributed by atoms with E-state index in [1.807, 2.05) is 0 Å². The molecule has 4 rings (SSSR count). The second kappa shape index (κ2) is 10.3. The number of nitrogens with zero attached hydrogens (tertiary/aromatic N) is 3. The van der Waals surface area contributed by atoms with E-state index in [0.29, 0.717) is 23.8 Å². The molecule has 1 aliphatic heterocycles. The lowest BCUT2D eigenvalue weighted by Gasteiger charge is -2.38. The zero-order chi connectivity index (χ0) is 20.9. The summed E-state index contributed by atoms with van der Waals surface area (Å²) < 4.78 is 0. The fourth-order valence-corrected chi connectivity index (χ4v) is 5.91. The van der Waals surface area contributed by atoms with E-state index in [2.05, 4.69) is 53.1 Å². The number of hydrogen-bond donors (Lipinski definition) is 0. The van der Waals surface area contributed by atoms with Crippen molar-refractivity contribution in [2.75, 3.05) is 46.8 Å². The molecule has 1 heterocycles. The first kappa shape index (κ1) is 21.8. The predicted molar refractivity (Wildman–Crippen MR) is 124 cm³/mol. The minimum atomic E-state index is 0.307. The highest BCUT2D eigenvalue weighted by molar-refractivity contribution is 5.79. The average molecular weight is 412 g/mol. The van der Waals surface area contributed by atoms with Gasteiger partial charge in [0.15, 0.2) is 0 Å². The van der Waals surface area contributed by atoms with Crippen LogP contribution in [0.5, 0.6) is 0 Å². The Morgan fingerprint density at radius 3 is 2.20 bits per heavy atom. The lowest BCUT2D eigenvalue weighted by atomic mass is 9.93. The topological polar surface area (TPSA) is 26.8 Å². The van der Waals surface area contributed by atoms with Gasteiger partial charge in [-0.3, -0.25) is 9.69 Å². The maximum atomic E-state index is 13.2. The van der Waals surface area contributed by atoms with Gasteiger partial charge in [0.05, 0.1) is 0 Å². The molecule has 30 heavy (non-hydrogen) atoms. The summed E-state index contributed by atoms with van der Waals surface area (Å²) in [5.41, 5.74) is 3.11. The summed E-state index contributed by atoms with van der Waals surface area (Å²) in [5, 5.41) is 0. The summed E-state index contributed by atoms with van der Waals surface area (Å²) in [7, 11) is 4.25. The van der Waals surface area contributed by atoms with Crippen molar-refractivity contribution >= 4 is 5.91 Å². The molecule has 1 aromatic carbocycles. The third kappa shape index (κ3) is 5.45. The van der Waals surface area contributed by atoms with E-state index in [1.54, 1.807) is 11.1 Å². The summed E-state index contributed by atoms with van der Waals surface area (Å²) >= 11 is 0. The maximum Gasteiger partial charge on any atom is 0.225 e. The molecular formula is C26H41N3O. The maximum absolute atomic E-state index is 13.2. The Balaban J connectivity index is 1.28. The van der Waals surface area contributed by atoms with Crippen molar-refractivity contribution in [2.24, 2.45) is 11.8 Å². The van der Waals surface area contributed by atoms with E-state index >= 15 is 0 Å². The van der Waals surface area contributed by atoms with Gasteiger partial charge >= 0.3 is 0 Å². The third-order valence-electron chi connectivity index (χ3n) is 7.72. The highest BCUT2D eigenvalue weighted by Gasteiger charge is 2.32. The van der Waals surface area contributed by atoms with Gasteiger partial charge in [0.2, 0.25) is 5.91 Å². The Hall–Kier alpha value is -1.39. The van der Waals surface area contributed by atoms with E-state index in [9.17, 15) is 4.79 Å². The number of likely N-dealkylation sites (tertiary alicyclic amines) is 1. The van der Waals surface area contributed by atoms with Crippen LogP contribution in [-0.4, -0.2) is 73.5 Å². The zero-order valence-corrected chi connectivity index (χ0v) is 19.2. The quantitative estimate of drug-likeness (QED) is 0.650. The summed E-state index contributed by atoms with van der Waals surface area (Å²) in [5.74, 6) is 1.44. The molecule has 0 aromatic heterocycles. The van der Waals surface area contributed by atoms with Crippen LogP contribution in [0.3, 0.4) is 0 Å². The SMILES string of the molecule is CN(C)CCCN(CC1CCN(C2Cc3ccccc3C2)CC1)C(=O)C1CCCC1. The molecular weight excluding hydrogens is 370 g/mol. The first-order valence-corrected chi connectivity index (χ1v) is 12.3. The van der Waals surface area contributed by atoms with Crippen LogP contribution < -0.4 is 0 Å². The largest absolute Gasteiger partial charge is 0.342 e. The molecule has 1 saturated carbocycles. The van der Waals surface area contributed by atoms with Crippen LogP contribution in [0.25, 0.3) is 0 Å². The summed E-state index contributed by atoms with van der Waals surface area (Å²) in [6.45, 7) is 5.39. The third-order valence-corrected chi connectivity index (χ3v) is 7.72. The minimum absolute atomic E-state index is 0.307. The van der Waals surface area contributed by atoms with Crippen molar-refractivity contribution in [3.05, 3.63) is 35.4 Å².